The van der Waals surface area contributed by atoms with Crippen LogP contribution in [-0.2, 0) is 4.79 Å². The van der Waals surface area contributed by atoms with Crippen LogP contribution < -0.4 is 0 Å². The van der Waals surface area contributed by atoms with Crippen LogP contribution in [0, 0.1) is 11.3 Å². The monoisotopic (exact) mass is 164 g/mol. The zero-order chi connectivity index (χ0) is 8.77. The van der Waals surface area contributed by atoms with Gasteiger partial charge in [-0.05, 0) is 32.1 Å². The standard InChI is InChI=1S/C11H16O/c1-8-4-3-5-9-6-7-10(12)11(8,9)2/h5,8H,3-4,6-7H2,1-2H3/t8-,11+/m0/s1. The van der Waals surface area contributed by atoms with E-state index in [1.807, 2.05) is 0 Å². The predicted molar refractivity (Wildman–Crippen MR) is 48.8 cm³/mol. The molecule has 0 heterocycles. The lowest BCUT2D eigenvalue weighted by Gasteiger charge is -2.34. The molecule has 2 aliphatic carbocycles. The molecule has 2 rings (SSSR count). The van der Waals surface area contributed by atoms with Crippen molar-refractivity contribution in [2.45, 2.75) is 39.5 Å². The maximum Gasteiger partial charge on any atom is 0.143 e. The molecule has 0 saturated heterocycles. The molecule has 0 unspecified atom stereocenters. The van der Waals surface area contributed by atoms with Crippen LogP contribution in [0.3, 0.4) is 0 Å². The van der Waals surface area contributed by atoms with E-state index < -0.39 is 0 Å². The highest BCUT2D eigenvalue weighted by atomic mass is 16.1. The van der Waals surface area contributed by atoms with Crippen LogP contribution in [0.4, 0.5) is 0 Å². The SMILES string of the molecule is C[C@H]1CCC=C2CCC(=O)[C@@]21C. The Kier molecular flexibility index (Phi) is 1.64. The summed E-state index contributed by atoms with van der Waals surface area (Å²) in [6, 6.07) is 0. The third-order valence-corrected chi connectivity index (χ3v) is 3.84. The van der Waals surface area contributed by atoms with Crippen molar-refractivity contribution in [1.29, 1.82) is 0 Å². The predicted octanol–water partition coefficient (Wildman–Crippen LogP) is 2.71. The van der Waals surface area contributed by atoms with Gasteiger partial charge in [-0.3, -0.25) is 4.79 Å². The van der Waals surface area contributed by atoms with E-state index in [4.69, 9.17) is 0 Å². The maximum absolute atomic E-state index is 11.7. The Bertz CT molecular complexity index is 252. The fourth-order valence-electron chi connectivity index (χ4n) is 2.65. The van der Waals surface area contributed by atoms with Gasteiger partial charge in [0.2, 0.25) is 0 Å². The molecule has 1 saturated carbocycles. The Morgan fingerprint density at radius 3 is 2.92 bits per heavy atom. The number of hydrogen-bond acceptors (Lipinski definition) is 1. The first-order valence-corrected chi connectivity index (χ1v) is 4.88. The summed E-state index contributed by atoms with van der Waals surface area (Å²) in [6.45, 7) is 4.36. The van der Waals surface area contributed by atoms with E-state index in [2.05, 4.69) is 19.9 Å². The zero-order valence-corrected chi connectivity index (χ0v) is 7.89. The third kappa shape index (κ3) is 0.825. The summed E-state index contributed by atoms with van der Waals surface area (Å²) in [6.07, 6.45) is 6.47. The first-order chi connectivity index (χ1) is 5.65. The Morgan fingerprint density at radius 1 is 1.50 bits per heavy atom. The number of rotatable bonds is 0. The molecule has 0 spiro atoms. The van der Waals surface area contributed by atoms with Gasteiger partial charge in [-0.15, -0.1) is 0 Å². The Balaban J connectivity index is 2.44. The molecule has 2 aliphatic rings. The molecule has 0 aromatic rings. The van der Waals surface area contributed by atoms with Crippen molar-refractivity contribution in [3.05, 3.63) is 11.6 Å². The lowest BCUT2D eigenvalue weighted by Crippen LogP contribution is -2.33. The van der Waals surface area contributed by atoms with Crippen molar-refractivity contribution in [3.8, 4) is 0 Å². The highest BCUT2D eigenvalue weighted by molar-refractivity contribution is 5.91. The summed E-state index contributed by atoms with van der Waals surface area (Å²) in [5.41, 5.74) is 1.35. The van der Waals surface area contributed by atoms with Crippen LogP contribution in [0.2, 0.25) is 0 Å². The van der Waals surface area contributed by atoms with E-state index in [0.29, 0.717) is 11.7 Å². The molecule has 2 atom stereocenters. The summed E-state index contributed by atoms with van der Waals surface area (Å²) >= 11 is 0. The van der Waals surface area contributed by atoms with Crippen LogP contribution in [0.15, 0.2) is 11.6 Å². The molecule has 1 nitrogen and oxygen atoms in total. The van der Waals surface area contributed by atoms with Gasteiger partial charge in [0.25, 0.3) is 0 Å². The average molecular weight is 164 g/mol. The summed E-state index contributed by atoms with van der Waals surface area (Å²) in [5.74, 6) is 1.04. The minimum atomic E-state index is -0.0712. The molecule has 0 N–H and O–H groups in total. The van der Waals surface area contributed by atoms with E-state index in [1.165, 1.54) is 18.4 Å². The average Bonchev–Trinajstić information content (AvgIpc) is 2.33. The van der Waals surface area contributed by atoms with Gasteiger partial charge in [0.1, 0.15) is 5.78 Å². The first-order valence-electron chi connectivity index (χ1n) is 4.88. The van der Waals surface area contributed by atoms with Crippen molar-refractivity contribution >= 4 is 5.78 Å². The quantitative estimate of drug-likeness (QED) is 0.503. The number of Topliss-reactive ketones (excluding diaryl/α,β-unsaturated/α-hetero) is 1. The normalized spacial score (nSPS) is 41.0. The number of carbonyl (C=O) groups is 1. The molecule has 12 heavy (non-hydrogen) atoms. The molecule has 0 radical (unpaired) electrons. The molecule has 0 bridgehead atoms. The Hall–Kier alpha value is -0.590. The number of carbonyl (C=O) groups excluding carboxylic acids is 1. The van der Waals surface area contributed by atoms with Gasteiger partial charge in [0.15, 0.2) is 0 Å². The van der Waals surface area contributed by atoms with E-state index >= 15 is 0 Å². The van der Waals surface area contributed by atoms with Crippen LogP contribution in [0.1, 0.15) is 39.5 Å². The first kappa shape index (κ1) is 8.03. The van der Waals surface area contributed by atoms with Crippen molar-refractivity contribution in [2.75, 3.05) is 0 Å². The Labute approximate surface area is 73.8 Å². The molecule has 1 fully saturated rings. The van der Waals surface area contributed by atoms with Gasteiger partial charge in [0.05, 0.1) is 0 Å². The summed E-state index contributed by atoms with van der Waals surface area (Å²) < 4.78 is 0. The van der Waals surface area contributed by atoms with Crippen LogP contribution in [0.25, 0.3) is 0 Å². The minimum Gasteiger partial charge on any atom is -0.299 e. The van der Waals surface area contributed by atoms with Gasteiger partial charge in [-0.25, -0.2) is 0 Å². The van der Waals surface area contributed by atoms with Crippen LogP contribution >= 0.6 is 0 Å². The second kappa shape index (κ2) is 2.45. The molecule has 0 aliphatic heterocycles. The Morgan fingerprint density at radius 2 is 2.25 bits per heavy atom. The fourth-order valence-corrected chi connectivity index (χ4v) is 2.65. The lowest BCUT2D eigenvalue weighted by atomic mass is 9.68. The molecule has 0 aromatic heterocycles. The molecule has 66 valence electrons. The molecule has 0 aromatic carbocycles. The number of allylic oxidation sites excluding steroid dienone is 2. The van der Waals surface area contributed by atoms with Crippen molar-refractivity contribution < 1.29 is 4.79 Å². The number of hydrogen-bond donors (Lipinski definition) is 0. The van der Waals surface area contributed by atoms with Gasteiger partial charge in [0, 0.05) is 11.8 Å². The second-order valence-corrected chi connectivity index (χ2v) is 4.33. The van der Waals surface area contributed by atoms with E-state index in [1.54, 1.807) is 0 Å². The molecular formula is C11H16O. The smallest absolute Gasteiger partial charge is 0.143 e. The molecule has 1 heteroatoms. The van der Waals surface area contributed by atoms with Gasteiger partial charge >= 0.3 is 0 Å². The maximum atomic E-state index is 11.7. The van der Waals surface area contributed by atoms with Gasteiger partial charge < -0.3 is 0 Å². The van der Waals surface area contributed by atoms with Gasteiger partial charge in [-0.2, -0.15) is 0 Å². The van der Waals surface area contributed by atoms with Crippen molar-refractivity contribution in [2.24, 2.45) is 11.3 Å². The van der Waals surface area contributed by atoms with Gasteiger partial charge in [-0.1, -0.05) is 18.6 Å². The number of ketones is 1. The van der Waals surface area contributed by atoms with E-state index in [9.17, 15) is 4.79 Å². The highest BCUT2D eigenvalue weighted by Gasteiger charge is 2.46. The summed E-state index contributed by atoms with van der Waals surface area (Å²) in [7, 11) is 0. The lowest BCUT2D eigenvalue weighted by molar-refractivity contribution is -0.126. The largest absolute Gasteiger partial charge is 0.299 e. The summed E-state index contributed by atoms with van der Waals surface area (Å²) in [4.78, 5) is 11.7. The fraction of sp³-hybridized carbons (Fsp3) is 0.727. The summed E-state index contributed by atoms with van der Waals surface area (Å²) in [5, 5.41) is 0. The second-order valence-electron chi connectivity index (χ2n) is 4.33. The van der Waals surface area contributed by atoms with E-state index in [-0.39, 0.29) is 5.41 Å². The van der Waals surface area contributed by atoms with Crippen molar-refractivity contribution in [1.82, 2.24) is 0 Å². The topological polar surface area (TPSA) is 17.1 Å². The van der Waals surface area contributed by atoms with Crippen LogP contribution in [0.5, 0.6) is 0 Å². The highest BCUT2D eigenvalue weighted by Crippen LogP contribution is 2.49. The third-order valence-electron chi connectivity index (χ3n) is 3.84. The minimum absolute atomic E-state index is 0.0712. The zero-order valence-electron chi connectivity index (χ0n) is 7.89. The number of fused-ring (bicyclic) bond motifs is 1. The molecular weight excluding hydrogens is 148 g/mol. The van der Waals surface area contributed by atoms with Crippen LogP contribution in [-0.4, -0.2) is 5.78 Å². The van der Waals surface area contributed by atoms with E-state index in [0.717, 1.165) is 12.8 Å². The molecule has 0 amide bonds. The van der Waals surface area contributed by atoms with Crippen molar-refractivity contribution in [3.63, 3.8) is 0 Å².